The lowest BCUT2D eigenvalue weighted by molar-refractivity contribution is -0.136. The Bertz CT molecular complexity index is 1330. The Balaban J connectivity index is 1.23. The summed E-state index contributed by atoms with van der Waals surface area (Å²) in [6, 6.07) is 4.52. The molecule has 1 fully saturated rings. The smallest absolute Gasteiger partial charge is 0.273 e. The van der Waals surface area contributed by atoms with Gasteiger partial charge in [0.05, 0.1) is 22.6 Å². The van der Waals surface area contributed by atoms with Crippen LogP contribution in [0.1, 0.15) is 56.9 Å². The molecule has 0 aliphatic carbocycles. The van der Waals surface area contributed by atoms with Crippen LogP contribution in [0.5, 0.6) is 0 Å². The summed E-state index contributed by atoms with van der Waals surface area (Å²) < 4.78 is 1.47. The van der Waals surface area contributed by atoms with Crippen LogP contribution in [-0.2, 0) is 29.0 Å². The van der Waals surface area contributed by atoms with Crippen LogP contribution in [0.15, 0.2) is 29.8 Å². The molecular formula is C23H23N7O4S. The van der Waals surface area contributed by atoms with Gasteiger partial charge in [-0.25, -0.2) is 9.67 Å². The first-order valence-corrected chi connectivity index (χ1v) is 12.2. The predicted molar refractivity (Wildman–Crippen MR) is 125 cm³/mol. The number of nitrogens with one attached hydrogen (secondary N) is 2. The molecule has 1 aromatic carbocycles. The standard InChI is InChI=1S/C23H23N7O4S/c1-2-14-12-35-20(25-14)7-8-24-21(32)17-11-30(28-27-17)15-3-4-16-13(9-15)10-29(23(16)34)18-5-6-19(31)26-22(18)33/h3-4,9,11-12,18H,2,5-8,10H2,1H3,(H,24,32)(H,26,31,33). The third kappa shape index (κ3) is 4.56. The van der Waals surface area contributed by atoms with Crippen molar-refractivity contribution in [1.29, 1.82) is 0 Å². The number of hydrogen-bond acceptors (Lipinski definition) is 8. The summed E-state index contributed by atoms with van der Waals surface area (Å²) in [6.07, 6.45) is 3.57. The van der Waals surface area contributed by atoms with E-state index in [4.69, 9.17) is 0 Å². The second kappa shape index (κ2) is 9.37. The molecule has 2 aliphatic heterocycles. The maximum Gasteiger partial charge on any atom is 0.273 e. The molecule has 4 amide bonds. The zero-order valence-corrected chi connectivity index (χ0v) is 19.8. The SMILES string of the molecule is CCc1csc(CCNC(=O)c2cn(-c3ccc4c(c3)CN(C3CCC(=O)NC3=O)C4=O)nn2)n1. The van der Waals surface area contributed by atoms with E-state index in [0.29, 0.717) is 30.6 Å². The van der Waals surface area contributed by atoms with E-state index in [2.05, 4.69) is 32.9 Å². The number of fused-ring (bicyclic) bond motifs is 1. The number of aryl methyl sites for hydroxylation is 1. The quantitative estimate of drug-likeness (QED) is 0.469. The van der Waals surface area contributed by atoms with Gasteiger partial charge in [0, 0.05) is 36.9 Å². The van der Waals surface area contributed by atoms with Crippen molar-refractivity contribution in [3.8, 4) is 5.69 Å². The van der Waals surface area contributed by atoms with Gasteiger partial charge in [-0.2, -0.15) is 0 Å². The molecule has 1 unspecified atom stereocenters. The van der Waals surface area contributed by atoms with Crippen molar-refractivity contribution in [1.82, 2.24) is 35.5 Å². The number of nitrogens with zero attached hydrogens (tertiary/aromatic N) is 5. The number of carbonyl (C=O) groups excluding carboxylic acids is 4. The number of benzene rings is 1. The summed E-state index contributed by atoms with van der Waals surface area (Å²) in [7, 11) is 0. The van der Waals surface area contributed by atoms with Crippen LogP contribution in [0.2, 0.25) is 0 Å². The van der Waals surface area contributed by atoms with Gasteiger partial charge in [-0.05, 0) is 36.6 Å². The largest absolute Gasteiger partial charge is 0.350 e. The zero-order valence-electron chi connectivity index (χ0n) is 19.0. The number of aromatic nitrogens is 4. The summed E-state index contributed by atoms with van der Waals surface area (Å²) in [4.78, 5) is 55.0. The van der Waals surface area contributed by atoms with E-state index in [1.54, 1.807) is 29.5 Å². The van der Waals surface area contributed by atoms with E-state index in [1.807, 2.05) is 5.38 Å². The number of piperidine rings is 1. The fraction of sp³-hybridized carbons (Fsp3) is 0.348. The molecule has 2 N–H and O–H groups in total. The number of carbonyl (C=O) groups is 4. The van der Waals surface area contributed by atoms with E-state index in [-0.39, 0.29) is 36.4 Å². The molecule has 0 saturated carbocycles. The summed E-state index contributed by atoms with van der Waals surface area (Å²) >= 11 is 1.58. The van der Waals surface area contributed by atoms with Crippen LogP contribution in [0, 0.1) is 0 Å². The summed E-state index contributed by atoms with van der Waals surface area (Å²) in [5, 5.41) is 16.2. The van der Waals surface area contributed by atoms with Crippen molar-refractivity contribution in [2.45, 2.75) is 45.2 Å². The van der Waals surface area contributed by atoms with Crippen molar-refractivity contribution in [3.63, 3.8) is 0 Å². The monoisotopic (exact) mass is 493 g/mol. The van der Waals surface area contributed by atoms with E-state index < -0.39 is 11.9 Å². The molecule has 11 nitrogen and oxygen atoms in total. The van der Waals surface area contributed by atoms with Gasteiger partial charge in [0.25, 0.3) is 11.8 Å². The predicted octanol–water partition coefficient (Wildman–Crippen LogP) is 1.02. The number of imide groups is 1. The molecule has 1 atom stereocenters. The highest BCUT2D eigenvalue weighted by atomic mass is 32.1. The van der Waals surface area contributed by atoms with Gasteiger partial charge in [-0.1, -0.05) is 12.1 Å². The molecule has 0 spiro atoms. The van der Waals surface area contributed by atoms with Crippen molar-refractivity contribution in [2.24, 2.45) is 0 Å². The van der Waals surface area contributed by atoms with Gasteiger partial charge >= 0.3 is 0 Å². The second-order valence-corrected chi connectivity index (χ2v) is 9.32. The van der Waals surface area contributed by atoms with Crippen LogP contribution in [0.4, 0.5) is 0 Å². The minimum atomic E-state index is -0.671. The molecule has 5 rings (SSSR count). The van der Waals surface area contributed by atoms with Crippen LogP contribution in [-0.4, -0.2) is 61.1 Å². The second-order valence-electron chi connectivity index (χ2n) is 8.38. The van der Waals surface area contributed by atoms with Crippen LogP contribution in [0.3, 0.4) is 0 Å². The Labute approximate surface area is 204 Å². The lowest BCUT2D eigenvalue weighted by Gasteiger charge is -2.29. The molecule has 2 aliphatic rings. The van der Waals surface area contributed by atoms with Crippen molar-refractivity contribution < 1.29 is 19.2 Å². The minimum absolute atomic E-state index is 0.181. The van der Waals surface area contributed by atoms with E-state index >= 15 is 0 Å². The maximum absolute atomic E-state index is 12.9. The molecule has 180 valence electrons. The van der Waals surface area contributed by atoms with Crippen molar-refractivity contribution >= 4 is 35.0 Å². The van der Waals surface area contributed by atoms with Gasteiger partial charge in [-0.3, -0.25) is 24.5 Å². The Hall–Kier alpha value is -3.93. The lowest BCUT2D eigenvalue weighted by atomic mass is 10.0. The average molecular weight is 494 g/mol. The average Bonchev–Trinajstić information content (AvgIpc) is 3.58. The first-order valence-electron chi connectivity index (χ1n) is 11.3. The topological polar surface area (TPSA) is 139 Å². The Kier molecular flexibility index (Phi) is 6.12. The Morgan fingerprint density at radius 3 is 2.91 bits per heavy atom. The molecule has 0 radical (unpaired) electrons. The van der Waals surface area contributed by atoms with Crippen molar-refractivity contribution in [3.05, 3.63) is 57.3 Å². The fourth-order valence-corrected chi connectivity index (χ4v) is 5.08. The minimum Gasteiger partial charge on any atom is -0.350 e. The molecule has 12 heteroatoms. The number of amides is 4. The first-order chi connectivity index (χ1) is 16.9. The molecule has 3 aromatic rings. The zero-order chi connectivity index (χ0) is 24.5. The highest BCUT2D eigenvalue weighted by molar-refractivity contribution is 7.09. The van der Waals surface area contributed by atoms with E-state index in [1.165, 1.54) is 15.8 Å². The Morgan fingerprint density at radius 2 is 2.14 bits per heavy atom. The van der Waals surface area contributed by atoms with Gasteiger partial charge in [0.1, 0.15) is 6.04 Å². The molecule has 35 heavy (non-hydrogen) atoms. The molecule has 2 aromatic heterocycles. The van der Waals surface area contributed by atoms with Crippen LogP contribution >= 0.6 is 11.3 Å². The summed E-state index contributed by atoms with van der Waals surface area (Å²) in [6.45, 7) is 2.75. The Morgan fingerprint density at radius 1 is 1.29 bits per heavy atom. The molecule has 4 heterocycles. The maximum atomic E-state index is 12.9. The van der Waals surface area contributed by atoms with E-state index in [9.17, 15) is 19.2 Å². The van der Waals surface area contributed by atoms with Crippen LogP contribution in [0.25, 0.3) is 5.69 Å². The molecule has 0 bridgehead atoms. The lowest BCUT2D eigenvalue weighted by Crippen LogP contribution is -2.52. The highest BCUT2D eigenvalue weighted by Gasteiger charge is 2.39. The summed E-state index contributed by atoms with van der Waals surface area (Å²) in [5.41, 5.74) is 3.12. The first kappa shape index (κ1) is 22.8. The molecule has 1 saturated heterocycles. The van der Waals surface area contributed by atoms with Gasteiger partial charge in [-0.15, -0.1) is 16.4 Å². The molecular weight excluding hydrogens is 470 g/mol. The third-order valence-corrected chi connectivity index (χ3v) is 7.04. The van der Waals surface area contributed by atoms with E-state index in [0.717, 1.165) is 22.7 Å². The fourth-order valence-electron chi connectivity index (χ4n) is 4.20. The van der Waals surface area contributed by atoms with Gasteiger partial charge in [0.2, 0.25) is 11.8 Å². The number of rotatable bonds is 7. The summed E-state index contributed by atoms with van der Waals surface area (Å²) in [5.74, 6) is -1.34. The van der Waals surface area contributed by atoms with Crippen molar-refractivity contribution in [2.75, 3.05) is 6.54 Å². The third-order valence-electron chi connectivity index (χ3n) is 6.08. The highest BCUT2D eigenvalue weighted by Crippen LogP contribution is 2.29. The van der Waals surface area contributed by atoms with Gasteiger partial charge in [0.15, 0.2) is 5.69 Å². The van der Waals surface area contributed by atoms with Crippen LogP contribution < -0.4 is 10.6 Å². The number of hydrogen-bond donors (Lipinski definition) is 2. The normalized spacial score (nSPS) is 17.5. The number of thiazole rings is 1. The van der Waals surface area contributed by atoms with Gasteiger partial charge < -0.3 is 10.2 Å².